The number of rotatable bonds is 3. The molecule has 0 aliphatic carbocycles. The van der Waals surface area contributed by atoms with Crippen LogP contribution in [-0.4, -0.2) is 15.1 Å². The summed E-state index contributed by atoms with van der Waals surface area (Å²) in [4.78, 5) is 8.68. The molecule has 0 bridgehead atoms. The van der Waals surface area contributed by atoms with Crippen molar-refractivity contribution in [3.63, 3.8) is 0 Å². The maximum absolute atomic E-state index is 9.15. The van der Waals surface area contributed by atoms with Gasteiger partial charge in [0.25, 0.3) is 0 Å². The first-order chi connectivity index (χ1) is 9.78. The molecule has 0 saturated heterocycles. The van der Waals surface area contributed by atoms with Crippen LogP contribution in [0.4, 0.5) is 0 Å². The van der Waals surface area contributed by atoms with Crippen molar-refractivity contribution in [2.24, 2.45) is 0 Å². The number of hydrogen-bond acceptors (Lipinski definition) is 4. The second kappa shape index (κ2) is 5.27. The molecule has 4 heteroatoms. The molecule has 1 N–H and O–H groups in total. The lowest BCUT2D eigenvalue weighted by Gasteiger charge is -2.09. The molecule has 0 aliphatic rings. The second-order valence-corrected chi connectivity index (χ2v) is 4.49. The largest absolute Gasteiger partial charge is 0.437 e. The van der Waals surface area contributed by atoms with Gasteiger partial charge >= 0.3 is 0 Å². The molecule has 2 aromatic heterocycles. The van der Waals surface area contributed by atoms with Gasteiger partial charge in [-0.3, -0.25) is 4.98 Å². The van der Waals surface area contributed by atoms with Crippen LogP contribution < -0.4 is 4.74 Å². The molecule has 0 fully saturated rings. The molecule has 1 aromatic carbocycles. The van der Waals surface area contributed by atoms with E-state index in [1.54, 1.807) is 12.3 Å². The second-order valence-electron chi connectivity index (χ2n) is 4.49. The van der Waals surface area contributed by atoms with Gasteiger partial charge < -0.3 is 9.84 Å². The van der Waals surface area contributed by atoms with E-state index in [1.807, 2.05) is 43.3 Å². The van der Waals surface area contributed by atoms with E-state index in [-0.39, 0.29) is 6.61 Å². The highest BCUT2D eigenvalue weighted by atomic mass is 16.5. The molecule has 0 amide bonds. The highest BCUT2D eigenvalue weighted by Crippen LogP contribution is 2.27. The van der Waals surface area contributed by atoms with Crippen LogP contribution in [0, 0.1) is 6.92 Å². The third-order valence-corrected chi connectivity index (χ3v) is 3.15. The van der Waals surface area contributed by atoms with Crippen LogP contribution in [0.1, 0.15) is 11.3 Å². The number of aryl methyl sites for hydroxylation is 1. The van der Waals surface area contributed by atoms with Crippen molar-refractivity contribution in [2.75, 3.05) is 0 Å². The molecule has 0 aliphatic heterocycles. The minimum Gasteiger partial charge on any atom is -0.437 e. The Bertz CT molecular complexity index is 751. The van der Waals surface area contributed by atoms with Gasteiger partial charge in [-0.25, -0.2) is 4.98 Å². The van der Waals surface area contributed by atoms with Gasteiger partial charge in [-0.1, -0.05) is 18.2 Å². The van der Waals surface area contributed by atoms with Gasteiger partial charge in [-0.05, 0) is 30.7 Å². The fraction of sp³-hybridized carbons (Fsp3) is 0.125. The molecule has 20 heavy (non-hydrogen) atoms. The van der Waals surface area contributed by atoms with Crippen molar-refractivity contribution in [3.05, 3.63) is 59.9 Å². The minimum absolute atomic E-state index is 0.0189. The molecule has 100 valence electrons. The molecular formula is C16H14N2O2. The molecule has 0 spiro atoms. The lowest BCUT2D eigenvalue weighted by atomic mass is 10.2. The molecule has 0 unspecified atom stereocenters. The molecule has 2 heterocycles. The van der Waals surface area contributed by atoms with E-state index in [2.05, 4.69) is 9.97 Å². The monoisotopic (exact) mass is 266 g/mol. The Hall–Kier alpha value is -2.46. The number of pyridine rings is 2. The summed E-state index contributed by atoms with van der Waals surface area (Å²) in [6.07, 6.45) is 1.74. The van der Waals surface area contributed by atoms with E-state index in [0.29, 0.717) is 11.6 Å². The van der Waals surface area contributed by atoms with Gasteiger partial charge in [0.2, 0.25) is 5.88 Å². The Kier molecular flexibility index (Phi) is 3.31. The molecule has 3 aromatic rings. The van der Waals surface area contributed by atoms with Crippen molar-refractivity contribution >= 4 is 10.9 Å². The summed E-state index contributed by atoms with van der Waals surface area (Å²) in [6.45, 7) is 1.83. The summed E-state index contributed by atoms with van der Waals surface area (Å²) in [5.74, 6) is 1.17. The summed E-state index contributed by atoms with van der Waals surface area (Å²) in [5, 5.41) is 10.2. The Balaban J connectivity index is 1.99. The lowest BCUT2D eigenvalue weighted by molar-refractivity contribution is 0.280. The van der Waals surface area contributed by atoms with Crippen molar-refractivity contribution in [1.29, 1.82) is 0 Å². The van der Waals surface area contributed by atoms with E-state index in [4.69, 9.17) is 9.84 Å². The van der Waals surface area contributed by atoms with Crippen molar-refractivity contribution in [2.45, 2.75) is 13.5 Å². The maximum Gasteiger partial charge on any atom is 0.219 e. The predicted molar refractivity (Wildman–Crippen MR) is 76.7 cm³/mol. The normalized spacial score (nSPS) is 10.7. The van der Waals surface area contributed by atoms with Crippen molar-refractivity contribution < 1.29 is 9.84 Å². The fourth-order valence-electron chi connectivity index (χ4n) is 2.06. The number of para-hydroxylation sites is 1. The van der Waals surface area contributed by atoms with Crippen molar-refractivity contribution in [1.82, 2.24) is 9.97 Å². The highest BCUT2D eigenvalue weighted by Gasteiger charge is 2.06. The number of hydrogen-bond donors (Lipinski definition) is 1. The molecule has 0 atom stereocenters. The quantitative estimate of drug-likeness (QED) is 0.790. The Morgan fingerprint density at radius 2 is 1.95 bits per heavy atom. The molecule has 4 nitrogen and oxygen atoms in total. The Labute approximate surface area is 116 Å². The average molecular weight is 266 g/mol. The minimum atomic E-state index is -0.0189. The van der Waals surface area contributed by atoms with Gasteiger partial charge in [0.15, 0.2) is 5.75 Å². The molecule has 3 rings (SSSR count). The first-order valence-electron chi connectivity index (χ1n) is 6.37. The fourth-order valence-corrected chi connectivity index (χ4v) is 2.06. The summed E-state index contributed by atoms with van der Waals surface area (Å²) in [7, 11) is 0. The van der Waals surface area contributed by atoms with Crippen LogP contribution in [0.3, 0.4) is 0 Å². The number of fused-ring (bicyclic) bond motifs is 1. The molecule has 0 radical (unpaired) electrons. The first-order valence-corrected chi connectivity index (χ1v) is 6.37. The van der Waals surface area contributed by atoms with E-state index >= 15 is 0 Å². The van der Waals surface area contributed by atoms with Gasteiger partial charge in [0, 0.05) is 23.3 Å². The topological polar surface area (TPSA) is 55.2 Å². The lowest BCUT2D eigenvalue weighted by Crippen LogP contribution is -1.96. The highest BCUT2D eigenvalue weighted by molar-refractivity contribution is 5.84. The van der Waals surface area contributed by atoms with Gasteiger partial charge in [0.1, 0.15) is 5.52 Å². The Morgan fingerprint density at radius 1 is 1.10 bits per heavy atom. The number of aliphatic hydroxyl groups is 1. The number of ether oxygens (including phenoxy) is 1. The van der Waals surface area contributed by atoms with E-state index in [1.165, 1.54) is 0 Å². The van der Waals surface area contributed by atoms with Gasteiger partial charge in [-0.15, -0.1) is 0 Å². The zero-order valence-electron chi connectivity index (χ0n) is 11.1. The summed E-state index contributed by atoms with van der Waals surface area (Å²) >= 11 is 0. The standard InChI is InChI=1S/C16H14N2O2/c1-11-13(10-19)7-8-15(18-11)20-14-6-2-4-12-5-3-9-17-16(12)14/h2-9,19H,10H2,1H3. The maximum atomic E-state index is 9.15. The zero-order chi connectivity index (χ0) is 13.9. The van der Waals surface area contributed by atoms with Crippen LogP contribution in [0.2, 0.25) is 0 Å². The van der Waals surface area contributed by atoms with Crippen LogP contribution in [0.5, 0.6) is 11.6 Å². The van der Waals surface area contributed by atoms with Crippen LogP contribution in [0.15, 0.2) is 48.7 Å². The van der Waals surface area contributed by atoms with E-state index < -0.39 is 0 Å². The number of aliphatic hydroxyl groups excluding tert-OH is 1. The SMILES string of the molecule is Cc1nc(Oc2cccc3cccnc23)ccc1CO. The summed E-state index contributed by atoms with van der Waals surface area (Å²) in [5.41, 5.74) is 2.37. The van der Waals surface area contributed by atoms with Gasteiger partial charge in [-0.2, -0.15) is 0 Å². The predicted octanol–water partition coefficient (Wildman–Crippen LogP) is 3.22. The smallest absolute Gasteiger partial charge is 0.219 e. The first kappa shape index (κ1) is 12.6. The van der Waals surface area contributed by atoms with Gasteiger partial charge in [0.05, 0.1) is 6.61 Å². The van der Waals surface area contributed by atoms with Crippen LogP contribution >= 0.6 is 0 Å². The molecule has 0 saturated carbocycles. The zero-order valence-corrected chi connectivity index (χ0v) is 11.1. The average Bonchev–Trinajstić information content (AvgIpc) is 2.48. The van der Waals surface area contributed by atoms with E-state index in [0.717, 1.165) is 22.2 Å². The van der Waals surface area contributed by atoms with E-state index in [9.17, 15) is 0 Å². The third kappa shape index (κ3) is 2.33. The van der Waals surface area contributed by atoms with Crippen LogP contribution in [0.25, 0.3) is 10.9 Å². The summed E-state index contributed by atoms with van der Waals surface area (Å²) < 4.78 is 5.82. The molecular weight excluding hydrogens is 252 g/mol. The van der Waals surface area contributed by atoms with Crippen LogP contribution in [-0.2, 0) is 6.61 Å². The van der Waals surface area contributed by atoms with Crippen molar-refractivity contribution in [3.8, 4) is 11.6 Å². The summed E-state index contributed by atoms with van der Waals surface area (Å²) in [6, 6.07) is 13.2. The third-order valence-electron chi connectivity index (χ3n) is 3.15. The number of aromatic nitrogens is 2. The number of nitrogens with zero attached hydrogens (tertiary/aromatic N) is 2. The number of benzene rings is 1. The Morgan fingerprint density at radius 3 is 2.75 bits per heavy atom.